The second-order valence-corrected chi connectivity index (χ2v) is 5.02. The summed E-state index contributed by atoms with van der Waals surface area (Å²) < 4.78 is 43.3. The molecule has 0 aliphatic heterocycles. The molecule has 12 heavy (non-hydrogen) atoms. The summed E-state index contributed by atoms with van der Waals surface area (Å²) in [6.07, 6.45) is 0. The molecule has 0 aromatic rings. The van der Waals surface area contributed by atoms with E-state index < -0.39 is 27.6 Å². The molecule has 0 aliphatic rings. The van der Waals surface area contributed by atoms with E-state index in [1.54, 1.807) is 0 Å². The van der Waals surface area contributed by atoms with Crippen molar-refractivity contribution in [2.45, 2.75) is 0 Å². The summed E-state index contributed by atoms with van der Waals surface area (Å²) in [4.78, 5) is 18.2. The fraction of sp³-hybridized carbons (Fsp3) is 0. The molecule has 2 N–H and O–H groups in total. The zero-order valence-corrected chi connectivity index (χ0v) is 7.40. The molecule has 0 bridgehead atoms. The average molecular weight is 263 g/mol. The quantitative estimate of drug-likeness (QED) is 0.393. The van der Waals surface area contributed by atoms with Crippen molar-refractivity contribution in [1.82, 2.24) is 0 Å². The van der Waals surface area contributed by atoms with Gasteiger partial charge in [-0.2, -0.15) is 0 Å². The Kier molecular flexibility index (Phi) is 3.75. The number of aliphatic carboxylic acids is 2. The fourth-order valence-corrected chi connectivity index (χ4v) is 0. The summed E-state index contributed by atoms with van der Waals surface area (Å²) in [6, 6.07) is 0. The van der Waals surface area contributed by atoms with E-state index in [2.05, 4.69) is 0 Å². The van der Waals surface area contributed by atoms with E-state index in [0.29, 0.717) is 0 Å². The van der Waals surface area contributed by atoms with Crippen molar-refractivity contribution < 1.29 is 51.7 Å². The fourth-order valence-electron chi connectivity index (χ4n) is 0. The summed E-state index contributed by atoms with van der Waals surface area (Å²) in [5.74, 6) is -3.65. The Morgan fingerprint density at radius 1 is 0.750 bits per heavy atom. The molecule has 9 nitrogen and oxygen atoms in total. The van der Waals surface area contributed by atoms with E-state index in [0.717, 1.165) is 0 Å². The van der Waals surface area contributed by atoms with Gasteiger partial charge >= 0.3 is 43.9 Å². The molecule has 0 aromatic carbocycles. The molecule has 0 aliphatic carbocycles. The van der Waals surface area contributed by atoms with Crippen LogP contribution in [0.25, 0.3) is 0 Å². The van der Waals surface area contributed by atoms with Crippen LogP contribution >= 0.6 is 0 Å². The first-order valence-electron chi connectivity index (χ1n) is 2.02. The Labute approximate surface area is 64.2 Å². The molecule has 10 heteroatoms. The Morgan fingerprint density at radius 2 is 0.833 bits per heavy atom. The standard InChI is InChI=1S/C2H2O4.Nb.5O/c3-1(4)2(5)6;;;;;;/h(H,3,4)(H,5,6);;;;;;. The van der Waals surface area contributed by atoms with Crippen molar-refractivity contribution in [3.8, 4) is 0 Å². The zero-order valence-electron chi connectivity index (χ0n) is 5.20. The summed E-state index contributed by atoms with van der Waals surface area (Å²) in [6.45, 7) is 0. The Morgan fingerprint density at radius 3 is 0.833 bits per heavy atom. The molecule has 0 amide bonds. The molecule has 0 heterocycles. The van der Waals surface area contributed by atoms with Crippen LogP contribution in [0.4, 0.5) is 0 Å². The number of carbonyl (C=O) groups is 2. The SMILES string of the molecule is O=C(O)C(=O)O.[O]=[Nb](=[O])(=[O])(=[O])=[O]. The maximum atomic E-state index is 9.10. The molecule has 0 saturated heterocycles. The van der Waals surface area contributed by atoms with Crippen LogP contribution in [0.15, 0.2) is 0 Å². The van der Waals surface area contributed by atoms with Crippen LogP contribution in [0.1, 0.15) is 0 Å². The molecule has 0 unspecified atom stereocenters. The first-order valence-corrected chi connectivity index (χ1v) is 6.51. The van der Waals surface area contributed by atoms with Gasteiger partial charge in [-0.1, -0.05) is 0 Å². The van der Waals surface area contributed by atoms with Crippen LogP contribution in [-0.2, 0) is 41.5 Å². The van der Waals surface area contributed by atoms with Gasteiger partial charge in [0.2, 0.25) is 0 Å². The van der Waals surface area contributed by atoms with Crippen LogP contribution in [-0.4, -0.2) is 22.2 Å². The molecule has 0 atom stereocenters. The summed E-state index contributed by atoms with van der Waals surface area (Å²) in [7, 11) is 0. The third-order valence-electron chi connectivity index (χ3n) is 0.183. The number of carboxylic acids is 2. The van der Waals surface area contributed by atoms with E-state index in [-0.39, 0.29) is 0 Å². The van der Waals surface area contributed by atoms with Crippen LogP contribution in [0.5, 0.6) is 0 Å². The number of hydrogen-bond donors (Lipinski definition) is 2. The first-order chi connectivity index (χ1) is 4.88. The third kappa shape index (κ3) is 71.3. The van der Waals surface area contributed by atoms with Gasteiger partial charge in [0.1, 0.15) is 0 Å². The minimum absolute atomic E-state index is 1.82. The minimum atomic E-state index is -7.94. The van der Waals surface area contributed by atoms with Crippen LogP contribution < -0.4 is 0 Å². The van der Waals surface area contributed by atoms with Gasteiger partial charge < -0.3 is 10.2 Å². The Bertz CT molecular complexity index is 433. The molecular formula is C2H2NbO9. The zero-order chi connectivity index (χ0) is 10.6. The van der Waals surface area contributed by atoms with Gasteiger partial charge in [0.15, 0.2) is 0 Å². The van der Waals surface area contributed by atoms with Crippen molar-refractivity contribution in [2.75, 3.05) is 0 Å². The second-order valence-electron chi connectivity index (χ2n) is 1.36. The van der Waals surface area contributed by atoms with E-state index in [1.165, 1.54) is 0 Å². The molecule has 0 spiro atoms. The van der Waals surface area contributed by atoms with Crippen molar-refractivity contribution in [3.63, 3.8) is 0 Å². The Balaban J connectivity index is 0. The van der Waals surface area contributed by atoms with Crippen molar-refractivity contribution in [3.05, 3.63) is 0 Å². The summed E-state index contributed by atoms with van der Waals surface area (Å²) >= 11 is -7.94. The molecule has 0 radical (unpaired) electrons. The van der Waals surface area contributed by atoms with Gasteiger partial charge in [0.05, 0.1) is 0 Å². The van der Waals surface area contributed by atoms with Gasteiger partial charge in [-0.25, -0.2) is 9.59 Å². The molecule has 0 saturated carbocycles. The van der Waals surface area contributed by atoms with E-state index in [9.17, 15) is 0 Å². The van der Waals surface area contributed by atoms with Gasteiger partial charge in [0.25, 0.3) is 0 Å². The maximum absolute atomic E-state index is 9.10. The van der Waals surface area contributed by atoms with Gasteiger partial charge in [-0.3, -0.25) is 0 Å². The van der Waals surface area contributed by atoms with Crippen LogP contribution in [0.3, 0.4) is 0 Å². The predicted molar refractivity (Wildman–Crippen MR) is 18.7 cm³/mol. The molecule has 69 valence electrons. The van der Waals surface area contributed by atoms with E-state index in [1.807, 2.05) is 0 Å². The normalized spacial score (nSPS) is 8.67. The molecule has 0 rings (SSSR count). The van der Waals surface area contributed by atoms with Crippen molar-refractivity contribution in [1.29, 1.82) is 0 Å². The number of rotatable bonds is 0. The van der Waals surface area contributed by atoms with Crippen molar-refractivity contribution >= 4 is 11.9 Å². The molecule has 0 aromatic heterocycles. The van der Waals surface area contributed by atoms with Crippen LogP contribution in [0.2, 0.25) is 0 Å². The predicted octanol–water partition coefficient (Wildman–Crippen LogP) is -1.44. The van der Waals surface area contributed by atoms with Crippen molar-refractivity contribution in [2.24, 2.45) is 0 Å². The topological polar surface area (TPSA) is 160 Å². The number of hydrogen-bond acceptors (Lipinski definition) is 7. The second kappa shape index (κ2) is 3.38. The van der Waals surface area contributed by atoms with Gasteiger partial charge in [-0.05, 0) is 0 Å². The monoisotopic (exact) mass is 263 g/mol. The van der Waals surface area contributed by atoms with Gasteiger partial charge in [0, 0.05) is 0 Å². The summed E-state index contributed by atoms with van der Waals surface area (Å²) in [5.41, 5.74) is 0. The average Bonchev–Trinajstić information content (AvgIpc) is 1.56. The number of carboxylic acid groups (broad SMARTS) is 2. The molecular weight excluding hydrogens is 261 g/mol. The van der Waals surface area contributed by atoms with E-state index >= 15 is 0 Å². The van der Waals surface area contributed by atoms with Gasteiger partial charge in [-0.15, -0.1) is 0 Å². The first kappa shape index (κ1) is 13.3. The van der Waals surface area contributed by atoms with E-state index in [4.69, 9.17) is 36.1 Å². The third-order valence-corrected chi connectivity index (χ3v) is 0.183. The summed E-state index contributed by atoms with van der Waals surface area (Å²) in [5, 5.41) is 14.8. The Hall–Kier alpha value is -1.32. The molecule has 0 fully saturated rings. The van der Waals surface area contributed by atoms with Crippen LogP contribution in [0, 0.1) is 0 Å².